The largest absolute Gasteiger partial charge is 0.364 e. The molecule has 1 amide bonds. The van der Waals surface area contributed by atoms with Crippen LogP contribution >= 0.6 is 27.3 Å². The summed E-state index contributed by atoms with van der Waals surface area (Å²) in [5, 5.41) is 1.96. The molecule has 0 aliphatic heterocycles. The number of aryl methyl sites for hydroxylation is 1. The third kappa shape index (κ3) is 3.33. The number of pyridine rings is 1. The summed E-state index contributed by atoms with van der Waals surface area (Å²) in [6, 6.07) is 3.40. The lowest BCUT2D eigenvalue weighted by Gasteiger charge is -2.15. The quantitative estimate of drug-likeness (QED) is 0.933. The Morgan fingerprint density at radius 2 is 2.21 bits per heavy atom. The normalized spacial score (nSPS) is 10.5. The van der Waals surface area contributed by atoms with Crippen molar-refractivity contribution in [3.05, 3.63) is 54.5 Å². The fourth-order valence-electron chi connectivity index (χ4n) is 1.69. The van der Waals surface area contributed by atoms with Gasteiger partial charge in [0.2, 0.25) is 0 Å². The van der Waals surface area contributed by atoms with E-state index in [1.165, 1.54) is 17.2 Å². The highest BCUT2D eigenvalue weighted by molar-refractivity contribution is 9.10. The van der Waals surface area contributed by atoms with Gasteiger partial charge in [0.1, 0.15) is 5.56 Å². The fraction of sp³-hybridized carbons (Fsp3) is 0.231. The maximum Gasteiger partial charge on any atom is 0.259 e. The minimum Gasteiger partial charge on any atom is -0.364 e. The van der Waals surface area contributed by atoms with Crippen LogP contribution in [0.2, 0.25) is 0 Å². The van der Waals surface area contributed by atoms with Crippen LogP contribution in [0.3, 0.4) is 0 Å². The number of nitrogens with zero attached hydrogens (tertiary/aromatic N) is 1. The summed E-state index contributed by atoms with van der Waals surface area (Å²) in [5.74, 6) is -0.272. The Balaban J connectivity index is 2.17. The van der Waals surface area contributed by atoms with Gasteiger partial charge >= 0.3 is 0 Å². The second-order valence-electron chi connectivity index (χ2n) is 4.29. The monoisotopic (exact) mass is 340 g/mol. The van der Waals surface area contributed by atoms with Gasteiger partial charge in [0.05, 0.1) is 6.54 Å². The van der Waals surface area contributed by atoms with E-state index >= 15 is 0 Å². The number of amides is 1. The summed E-state index contributed by atoms with van der Waals surface area (Å²) >= 11 is 4.95. The number of rotatable bonds is 3. The molecule has 6 heteroatoms. The molecular weight excluding hydrogens is 328 g/mol. The van der Waals surface area contributed by atoms with E-state index < -0.39 is 0 Å². The topological polar surface area (TPSA) is 53.2 Å². The van der Waals surface area contributed by atoms with Gasteiger partial charge in [-0.25, -0.2) is 0 Å². The first-order chi connectivity index (χ1) is 8.97. The summed E-state index contributed by atoms with van der Waals surface area (Å²) in [7, 11) is 1.69. The highest BCUT2D eigenvalue weighted by atomic mass is 79.9. The molecule has 100 valence electrons. The second-order valence-corrected chi connectivity index (χ2v) is 6.20. The average Bonchev–Trinajstić information content (AvgIpc) is 2.74. The number of nitrogens with one attached hydrogen (secondary N) is 1. The number of hydrogen-bond donors (Lipinski definition) is 1. The number of thiophene rings is 1. The minimum atomic E-state index is -0.272. The van der Waals surface area contributed by atoms with Gasteiger partial charge in [0.25, 0.3) is 5.91 Å². The first-order valence-corrected chi connectivity index (χ1v) is 7.32. The zero-order chi connectivity index (χ0) is 14.0. The van der Waals surface area contributed by atoms with Crippen LogP contribution in [0, 0.1) is 6.92 Å². The van der Waals surface area contributed by atoms with Crippen molar-refractivity contribution in [3.63, 3.8) is 0 Å². The molecule has 0 atom stereocenters. The molecule has 0 aliphatic rings. The molecule has 0 spiro atoms. The molecule has 2 aromatic heterocycles. The molecule has 0 aliphatic carbocycles. The number of aromatic nitrogens is 1. The Hall–Kier alpha value is -1.40. The molecule has 0 aromatic carbocycles. The van der Waals surface area contributed by atoms with Crippen LogP contribution in [0.25, 0.3) is 0 Å². The van der Waals surface area contributed by atoms with Crippen LogP contribution in [0.4, 0.5) is 0 Å². The maximum atomic E-state index is 12.2. The zero-order valence-electron chi connectivity index (χ0n) is 10.6. The third-order valence-electron chi connectivity index (χ3n) is 2.65. The van der Waals surface area contributed by atoms with E-state index in [4.69, 9.17) is 0 Å². The van der Waals surface area contributed by atoms with Gasteiger partial charge in [-0.15, -0.1) is 11.3 Å². The lowest BCUT2D eigenvalue weighted by atomic mass is 10.2. The van der Waals surface area contributed by atoms with Crippen molar-refractivity contribution in [2.24, 2.45) is 0 Å². The standard InChI is InChI=1S/C13H13BrN2O2S/c1-8-3-12(17)11(5-15-8)13(18)16(2)6-10-4-9(14)7-19-10/h3-5,7H,6H2,1-2H3,(H,15,17). The molecule has 4 nitrogen and oxygen atoms in total. The molecular formula is C13H13BrN2O2S. The lowest BCUT2D eigenvalue weighted by Crippen LogP contribution is -2.30. The van der Waals surface area contributed by atoms with E-state index in [2.05, 4.69) is 20.9 Å². The van der Waals surface area contributed by atoms with Gasteiger partial charge in [-0.05, 0) is 28.9 Å². The molecule has 0 bridgehead atoms. The predicted octanol–water partition coefficient (Wildman–Crippen LogP) is 2.78. The van der Waals surface area contributed by atoms with Gasteiger partial charge < -0.3 is 9.88 Å². The van der Waals surface area contributed by atoms with Crippen molar-refractivity contribution >= 4 is 33.2 Å². The van der Waals surface area contributed by atoms with Crippen LogP contribution in [-0.4, -0.2) is 22.8 Å². The Morgan fingerprint density at radius 1 is 1.47 bits per heavy atom. The molecule has 0 fully saturated rings. The van der Waals surface area contributed by atoms with Crippen LogP contribution in [0.15, 0.2) is 33.0 Å². The fourth-order valence-corrected chi connectivity index (χ4v) is 3.19. The number of carbonyl (C=O) groups excluding carboxylic acids is 1. The van der Waals surface area contributed by atoms with Crippen molar-refractivity contribution in [1.29, 1.82) is 0 Å². The summed E-state index contributed by atoms with van der Waals surface area (Å²) in [5.41, 5.74) is 0.663. The number of halogens is 1. The molecule has 2 heterocycles. The van der Waals surface area contributed by atoms with Crippen LogP contribution < -0.4 is 5.43 Å². The van der Waals surface area contributed by atoms with Crippen molar-refractivity contribution in [3.8, 4) is 0 Å². The molecule has 2 aromatic rings. The Labute approximate surface area is 123 Å². The summed E-state index contributed by atoms with van der Waals surface area (Å²) < 4.78 is 1.00. The summed E-state index contributed by atoms with van der Waals surface area (Å²) in [6.45, 7) is 2.27. The van der Waals surface area contributed by atoms with Gasteiger partial charge in [0.15, 0.2) is 5.43 Å². The Bertz CT molecular complexity index is 663. The first-order valence-electron chi connectivity index (χ1n) is 5.65. The van der Waals surface area contributed by atoms with E-state index in [-0.39, 0.29) is 16.9 Å². The predicted molar refractivity (Wildman–Crippen MR) is 79.6 cm³/mol. The smallest absolute Gasteiger partial charge is 0.259 e. The molecule has 0 saturated carbocycles. The molecule has 19 heavy (non-hydrogen) atoms. The number of aromatic amines is 1. The number of carbonyl (C=O) groups is 1. The third-order valence-corrected chi connectivity index (χ3v) is 4.33. The zero-order valence-corrected chi connectivity index (χ0v) is 13.0. The van der Waals surface area contributed by atoms with E-state index in [0.29, 0.717) is 6.54 Å². The van der Waals surface area contributed by atoms with Crippen molar-refractivity contribution in [2.75, 3.05) is 7.05 Å². The molecule has 2 rings (SSSR count). The van der Waals surface area contributed by atoms with E-state index in [1.54, 1.807) is 25.3 Å². The van der Waals surface area contributed by atoms with Crippen molar-refractivity contribution in [2.45, 2.75) is 13.5 Å². The van der Waals surface area contributed by atoms with Crippen molar-refractivity contribution < 1.29 is 4.79 Å². The van der Waals surface area contributed by atoms with Gasteiger partial charge in [0, 0.05) is 39.7 Å². The van der Waals surface area contributed by atoms with Crippen LogP contribution in [0.1, 0.15) is 20.9 Å². The Kier molecular flexibility index (Phi) is 4.21. The van der Waals surface area contributed by atoms with Crippen molar-refractivity contribution in [1.82, 2.24) is 9.88 Å². The first kappa shape index (κ1) is 14.0. The highest BCUT2D eigenvalue weighted by Crippen LogP contribution is 2.21. The number of hydrogen-bond acceptors (Lipinski definition) is 3. The van der Waals surface area contributed by atoms with Gasteiger partial charge in [-0.2, -0.15) is 0 Å². The summed E-state index contributed by atoms with van der Waals surface area (Å²) in [6.07, 6.45) is 1.47. The maximum absolute atomic E-state index is 12.2. The minimum absolute atomic E-state index is 0.170. The summed E-state index contributed by atoms with van der Waals surface area (Å²) in [4.78, 5) is 29.5. The van der Waals surface area contributed by atoms with E-state index in [9.17, 15) is 9.59 Å². The Morgan fingerprint density at radius 3 is 2.79 bits per heavy atom. The lowest BCUT2D eigenvalue weighted by molar-refractivity contribution is 0.0785. The molecule has 0 unspecified atom stereocenters. The van der Waals surface area contributed by atoms with Gasteiger partial charge in [-0.3, -0.25) is 9.59 Å². The average molecular weight is 341 g/mol. The van der Waals surface area contributed by atoms with Crippen LogP contribution in [0.5, 0.6) is 0 Å². The molecule has 1 N–H and O–H groups in total. The number of H-pyrrole nitrogens is 1. The molecule has 0 saturated heterocycles. The van der Waals surface area contributed by atoms with E-state index in [0.717, 1.165) is 15.0 Å². The SMILES string of the molecule is Cc1cc(=O)c(C(=O)N(C)Cc2cc(Br)cs2)c[nH]1. The van der Waals surface area contributed by atoms with E-state index in [1.807, 2.05) is 11.4 Å². The van der Waals surface area contributed by atoms with Gasteiger partial charge in [-0.1, -0.05) is 0 Å². The molecule has 0 radical (unpaired) electrons. The van der Waals surface area contributed by atoms with Crippen LogP contribution in [-0.2, 0) is 6.54 Å². The highest BCUT2D eigenvalue weighted by Gasteiger charge is 2.16. The second kappa shape index (κ2) is 5.71.